The Bertz CT molecular complexity index is 254. The molecule has 19 heavy (non-hydrogen) atoms. The van der Waals surface area contributed by atoms with Crippen molar-refractivity contribution in [3.05, 3.63) is 0 Å². The Kier molecular flexibility index (Phi) is 9.02. The van der Waals surface area contributed by atoms with Crippen LogP contribution in [0.1, 0.15) is 60.3 Å². The molecule has 0 saturated heterocycles. The molecule has 0 aliphatic carbocycles. The van der Waals surface area contributed by atoms with Crippen molar-refractivity contribution in [2.45, 2.75) is 71.9 Å². The molecule has 2 N–H and O–H groups in total. The summed E-state index contributed by atoms with van der Waals surface area (Å²) in [6.45, 7) is 11.6. The minimum Gasteiger partial charge on any atom is -0.480 e. The molecule has 0 bridgehead atoms. The fraction of sp³-hybridized carbons (Fsp3) is 0.933. The van der Waals surface area contributed by atoms with Crippen LogP contribution < -0.4 is 5.32 Å². The monoisotopic (exact) mass is 273 g/mol. The number of carbonyl (C=O) groups is 1. The minimum atomic E-state index is -0.827. The van der Waals surface area contributed by atoms with Crippen LogP contribution in [-0.2, 0) is 9.53 Å². The molecule has 0 aromatic heterocycles. The predicted octanol–water partition coefficient (Wildman–Crippen LogP) is 3.06. The molecule has 0 aliphatic heterocycles. The zero-order valence-corrected chi connectivity index (χ0v) is 13.2. The normalized spacial score (nSPS) is 14.9. The lowest BCUT2D eigenvalue weighted by atomic mass is 9.94. The fourth-order valence-electron chi connectivity index (χ4n) is 1.98. The maximum atomic E-state index is 11.3. The second-order valence-corrected chi connectivity index (χ2v) is 6.19. The van der Waals surface area contributed by atoms with Gasteiger partial charge in [0.25, 0.3) is 0 Å². The summed E-state index contributed by atoms with van der Waals surface area (Å²) >= 11 is 0. The lowest BCUT2D eigenvalue weighted by Gasteiger charge is -2.28. The van der Waals surface area contributed by atoms with Crippen molar-refractivity contribution in [1.29, 1.82) is 0 Å². The first-order valence-corrected chi connectivity index (χ1v) is 7.36. The van der Waals surface area contributed by atoms with Crippen LogP contribution in [0.2, 0.25) is 0 Å². The topological polar surface area (TPSA) is 58.6 Å². The highest BCUT2D eigenvalue weighted by atomic mass is 16.5. The van der Waals surface area contributed by atoms with Crippen LogP contribution >= 0.6 is 0 Å². The van der Waals surface area contributed by atoms with Gasteiger partial charge in [-0.2, -0.15) is 0 Å². The molecule has 4 heteroatoms. The van der Waals surface area contributed by atoms with Gasteiger partial charge in [-0.1, -0.05) is 13.8 Å². The molecule has 114 valence electrons. The summed E-state index contributed by atoms with van der Waals surface area (Å²) in [4.78, 5) is 11.3. The lowest BCUT2D eigenvalue weighted by Crippen LogP contribution is -2.52. The second-order valence-electron chi connectivity index (χ2n) is 6.19. The zero-order chi connectivity index (χ0) is 14.9. The van der Waals surface area contributed by atoms with Crippen molar-refractivity contribution in [1.82, 2.24) is 5.32 Å². The molecule has 4 nitrogen and oxygen atoms in total. The van der Waals surface area contributed by atoms with Crippen LogP contribution in [0.25, 0.3) is 0 Å². The molecule has 1 atom stereocenters. The number of carboxylic acid groups (broad SMARTS) is 1. The van der Waals surface area contributed by atoms with Gasteiger partial charge in [0.15, 0.2) is 0 Å². The Balaban J connectivity index is 3.80. The standard InChI is InChI=1S/C15H31NO3/c1-12(2)8-11-19-10-7-6-9-15(5,14(17)18)16-13(3)4/h12-13,16H,6-11H2,1-5H3,(H,17,18). The third-order valence-corrected chi connectivity index (χ3v) is 3.13. The summed E-state index contributed by atoms with van der Waals surface area (Å²) in [6, 6.07) is 0.170. The van der Waals surface area contributed by atoms with Crippen molar-refractivity contribution in [3.8, 4) is 0 Å². The van der Waals surface area contributed by atoms with Crippen molar-refractivity contribution >= 4 is 5.97 Å². The molecule has 0 fully saturated rings. The third-order valence-electron chi connectivity index (χ3n) is 3.13. The molecule has 0 heterocycles. The fourth-order valence-corrected chi connectivity index (χ4v) is 1.98. The maximum Gasteiger partial charge on any atom is 0.323 e. The quantitative estimate of drug-likeness (QED) is 0.568. The van der Waals surface area contributed by atoms with E-state index in [1.807, 2.05) is 13.8 Å². The number of ether oxygens (including phenoxy) is 1. The van der Waals surface area contributed by atoms with E-state index in [9.17, 15) is 9.90 Å². The Morgan fingerprint density at radius 2 is 1.84 bits per heavy atom. The number of unbranched alkanes of at least 4 members (excludes halogenated alkanes) is 1. The van der Waals surface area contributed by atoms with Crippen LogP contribution in [0.15, 0.2) is 0 Å². The SMILES string of the molecule is CC(C)CCOCCCCC(C)(NC(C)C)C(=O)O. The summed E-state index contributed by atoms with van der Waals surface area (Å²) in [5, 5.41) is 12.4. The zero-order valence-electron chi connectivity index (χ0n) is 13.2. The van der Waals surface area contributed by atoms with Crippen LogP contribution in [-0.4, -0.2) is 35.9 Å². The lowest BCUT2D eigenvalue weighted by molar-refractivity contribution is -0.144. The maximum absolute atomic E-state index is 11.3. The van der Waals surface area contributed by atoms with Gasteiger partial charge >= 0.3 is 5.97 Å². The van der Waals surface area contributed by atoms with E-state index in [2.05, 4.69) is 19.2 Å². The Hall–Kier alpha value is -0.610. The van der Waals surface area contributed by atoms with Crippen molar-refractivity contribution < 1.29 is 14.6 Å². The number of hydrogen-bond donors (Lipinski definition) is 2. The first-order chi connectivity index (χ1) is 8.78. The third kappa shape index (κ3) is 9.00. The molecule has 0 aromatic carbocycles. The van der Waals surface area contributed by atoms with E-state index >= 15 is 0 Å². The van der Waals surface area contributed by atoms with E-state index in [0.717, 1.165) is 32.5 Å². The van der Waals surface area contributed by atoms with Gasteiger partial charge in [0.2, 0.25) is 0 Å². The molecule has 0 amide bonds. The van der Waals surface area contributed by atoms with E-state index < -0.39 is 11.5 Å². The van der Waals surface area contributed by atoms with Crippen LogP contribution in [0.4, 0.5) is 0 Å². The van der Waals surface area contributed by atoms with Crippen LogP contribution in [0.5, 0.6) is 0 Å². The summed E-state index contributed by atoms with van der Waals surface area (Å²) in [6.07, 6.45) is 3.50. The highest BCUT2D eigenvalue weighted by Gasteiger charge is 2.32. The van der Waals surface area contributed by atoms with E-state index in [1.165, 1.54) is 0 Å². The first kappa shape index (κ1) is 18.4. The number of nitrogens with one attached hydrogen (secondary N) is 1. The number of rotatable bonds is 11. The number of hydrogen-bond acceptors (Lipinski definition) is 3. The number of aliphatic carboxylic acids is 1. The van der Waals surface area contributed by atoms with E-state index in [-0.39, 0.29) is 6.04 Å². The van der Waals surface area contributed by atoms with Gasteiger partial charge in [-0.25, -0.2) is 0 Å². The first-order valence-electron chi connectivity index (χ1n) is 7.36. The van der Waals surface area contributed by atoms with Gasteiger partial charge in [0.05, 0.1) is 0 Å². The Morgan fingerprint density at radius 1 is 1.21 bits per heavy atom. The summed E-state index contributed by atoms with van der Waals surface area (Å²) < 4.78 is 5.53. The summed E-state index contributed by atoms with van der Waals surface area (Å²) in [5.41, 5.74) is -0.827. The highest BCUT2D eigenvalue weighted by Crippen LogP contribution is 2.15. The predicted molar refractivity (Wildman–Crippen MR) is 78.4 cm³/mol. The molecule has 1 unspecified atom stereocenters. The molecule has 0 spiro atoms. The Morgan fingerprint density at radius 3 is 2.32 bits per heavy atom. The van der Waals surface area contributed by atoms with E-state index in [4.69, 9.17) is 4.74 Å². The summed E-state index contributed by atoms with van der Waals surface area (Å²) in [7, 11) is 0. The van der Waals surface area contributed by atoms with Crippen molar-refractivity contribution in [3.63, 3.8) is 0 Å². The Labute approximate surface area is 117 Å². The van der Waals surface area contributed by atoms with Crippen molar-refractivity contribution in [2.24, 2.45) is 5.92 Å². The molecule has 0 rings (SSSR count). The van der Waals surface area contributed by atoms with Gasteiger partial charge in [-0.05, 0) is 52.4 Å². The van der Waals surface area contributed by atoms with Gasteiger partial charge in [-0.3, -0.25) is 10.1 Å². The smallest absolute Gasteiger partial charge is 0.323 e. The minimum absolute atomic E-state index is 0.170. The molecular weight excluding hydrogens is 242 g/mol. The van der Waals surface area contributed by atoms with Gasteiger partial charge in [0.1, 0.15) is 5.54 Å². The molecule has 0 aromatic rings. The largest absolute Gasteiger partial charge is 0.480 e. The van der Waals surface area contributed by atoms with Gasteiger partial charge in [-0.15, -0.1) is 0 Å². The van der Waals surface area contributed by atoms with E-state index in [0.29, 0.717) is 12.3 Å². The highest BCUT2D eigenvalue weighted by molar-refractivity contribution is 5.78. The molecule has 0 saturated carbocycles. The van der Waals surface area contributed by atoms with Gasteiger partial charge < -0.3 is 9.84 Å². The average molecular weight is 273 g/mol. The van der Waals surface area contributed by atoms with Gasteiger partial charge in [0, 0.05) is 19.3 Å². The second kappa shape index (κ2) is 9.32. The van der Waals surface area contributed by atoms with Crippen LogP contribution in [0.3, 0.4) is 0 Å². The number of carboxylic acids is 1. The van der Waals surface area contributed by atoms with Crippen molar-refractivity contribution in [2.75, 3.05) is 13.2 Å². The molecular formula is C15H31NO3. The summed E-state index contributed by atoms with van der Waals surface area (Å²) in [5.74, 6) is -0.104. The van der Waals surface area contributed by atoms with Crippen LogP contribution in [0, 0.1) is 5.92 Å². The molecule has 0 aliphatic rings. The van der Waals surface area contributed by atoms with E-state index in [1.54, 1.807) is 6.92 Å². The molecule has 0 radical (unpaired) electrons. The average Bonchev–Trinajstić information content (AvgIpc) is 2.26.